The molecule has 0 bridgehead atoms. The highest BCUT2D eigenvalue weighted by atomic mass is 19.1. The molecule has 0 saturated carbocycles. The van der Waals surface area contributed by atoms with Gasteiger partial charge in [-0.3, -0.25) is 9.36 Å². The normalized spacial score (nSPS) is 10.5. The van der Waals surface area contributed by atoms with Gasteiger partial charge in [-0.15, -0.1) is 0 Å². The van der Waals surface area contributed by atoms with Crippen LogP contribution in [0.2, 0.25) is 0 Å². The topological polar surface area (TPSA) is 34.9 Å². The van der Waals surface area contributed by atoms with E-state index in [2.05, 4.69) is 4.98 Å². The van der Waals surface area contributed by atoms with Crippen molar-refractivity contribution in [3.63, 3.8) is 0 Å². The fourth-order valence-electron chi connectivity index (χ4n) is 1.60. The van der Waals surface area contributed by atoms with Gasteiger partial charge in [-0.25, -0.2) is 13.8 Å². The average Bonchev–Trinajstić information content (AvgIpc) is 2.74. The Hall–Kier alpha value is -2.04. The van der Waals surface area contributed by atoms with E-state index in [1.807, 2.05) is 6.92 Å². The van der Waals surface area contributed by atoms with Gasteiger partial charge in [-0.1, -0.05) is 6.92 Å². The predicted molar refractivity (Wildman–Crippen MR) is 57.7 cm³/mol. The minimum atomic E-state index is -0.772. The van der Waals surface area contributed by atoms with Crippen LogP contribution in [0.15, 0.2) is 30.6 Å². The first kappa shape index (κ1) is 11.4. The van der Waals surface area contributed by atoms with E-state index in [0.717, 1.165) is 18.2 Å². The summed E-state index contributed by atoms with van der Waals surface area (Å²) in [6, 6.07) is 2.74. The van der Waals surface area contributed by atoms with Gasteiger partial charge in [-0.2, -0.15) is 0 Å². The third kappa shape index (κ3) is 2.22. The van der Waals surface area contributed by atoms with Gasteiger partial charge in [-0.05, 0) is 12.1 Å². The van der Waals surface area contributed by atoms with Crippen molar-refractivity contribution in [2.24, 2.45) is 0 Å². The van der Waals surface area contributed by atoms with Crippen molar-refractivity contribution in [2.75, 3.05) is 0 Å². The molecule has 0 spiro atoms. The Balaban J connectivity index is 2.43. The first-order valence-corrected chi connectivity index (χ1v) is 5.15. The number of halogens is 2. The van der Waals surface area contributed by atoms with Crippen LogP contribution in [0, 0.1) is 11.6 Å². The fourth-order valence-corrected chi connectivity index (χ4v) is 1.60. The predicted octanol–water partition coefficient (Wildman–Crippen LogP) is 2.41. The highest BCUT2D eigenvalue weighted by molar-refractivity contribution is 5.96. The summed E-state index contributed by atoms with van der Waals surface area (Å²) in [6.45, 7) is 1.85. The SMILES string of the molecule is CCc1nccn1C(=O)c1cc(F)cc(F)c1. The number of imidazole rings is 1. The molecule has 0 saturated heterocycles. The van der Waals surface area contributed by atoms with Crippen LogP contribution in [-0.4, -0.2) is 15.5 Å². The number of benzene rings is 1. The number of aryl methyl sites for hydroxylation is 1. The monoisotopic (exact) mass is 236 g/mol. The highest BCUT2D eigenvalue weighted by Gasteiger charge is 2.13. The third-order valence-corrected chi connectivity index (χ3v) is 2.36. The molecule has 2 rings (SSSR count). The van der Waals surface area contributed by atoms with Gasteiger partial charge in [0, 0.05) is 30.4 Å². The summed E-state index contributed by atoms with van der Waals surface area (Å²) in [5.74, 6) is -1.48. The molecule has 0 aliphatic carbocycles. The molecule has 0 unspecified atom stereocenters. The molecular weight excluding hydrogens is 226 g/mol. The van der Waals surface area contributed by atoms with E-state index in [-0.39, 0.29) is 5.56 Å². The molecule has 0 aliphatic heterocycles. The zero-order chi connectivity index (χ0) is 12.4. The number of hydrogen-bond donors (Lipinski definition) is 0. The standard InChI is InChI=1S/C12H10F2N2O/c1-2-11-15-3-4-16(11)12(17)8-5-9(13)7-10(14)6-8/h3-7H,2H2,1H3. The lowest BCUT2D eigenvalue weighted by Crippen LogP contribution is -2.14. The van der Waals surface area contributed by atoms with Crippen molar-refractivity contribution in [1.29, 1.82) is 0 Å². The zero-order valence-corrected chi connectivity index (χ0v) is 9.15. The number of carbonyl (C=O) groups is 1. The molecule has 0 fully saturated rings. The lowest BCUT2D eigenvalue weighted by molar-refractivity contribution is 0.0955. The first-order valence-electron chi connectivity index (χ1n) is 5.15. The van der Waals surface area contributed by atoms with Crippen molar-refractivity contribution >= 4 is 5.91 Å². The third-order valence-electron chi connectivity index (χ3n) is 2.36. The lowest BCUT2D eigenvalue weighted by atomic mass is 10.2. The largest absolute Gasteiger partial charge is 0.270 e. The van der Waals surface area contributed by atoms with Crippen LogP contribution in [0.25, 0.3) is 0 Å². The first-order chi connectivity index (χ1) is 8.11. The summed E-state index contributed by atoms with van der Waals surface area (Å²) in [5.41, 5.74) is -0.0322. The number of hydrogen-bond acceptors (Lipinski definition) is 2. The van der Waals surface area contributed by atoms with Crippen LogP contribution in [-0.2, 0) is 6.42 Å². The summed E-state index contributed by atoms with van der Waals surface area (Å²) < 4.78 is 27.3. The molecule has 0 N–H and O–H groups in total. The van der Waals surface area contributed by atoms with E-state index < -0.39 is 17.5 Å². The molecular formula is C12H10F2N2O. The molecule has 1 aromatic carbocycles. The smallest absolute Gasteiger partial charge is 0.263 e. The van der Waals surface area contributed by atoms with Crippen LogP contribution in [0.4, 0.5) is 8.78 Å². The molecule has 1 heterocycles. The second-order valence-electron chi connectivity index (χ2n) is 3.53. The minimum absolute atomic E-state index is 0.0322. The Morgan fingerprint density at radius 3 is 2.53 bits per heavy atom. The van der Waals surface area contributed by atoms with Crippen LogP contribution in [0.3, 0.4) is 0 Å². The Morgan fingerprint density at radius 1 is 1.29 bits per heavy atom. The van der Waals surface area contributed by atoms with Crippen molar-refractivity contribution in [3.8, 4) is 0 Å². The maximum atomic E-state index is 13.0. The average molecular weight is 236 g/mol. The van der Waals surface area contributed by atoms with Crippen LogP contribution in [0.1, 0.15) is 23.1 Å². The molecule has 5 heteroatoms. The molecule has 0 amide bonds. The van der Waals surface area contributed by atoms with E-state index in [4.69, 9.17) is 0 Å². The Bertz CT molecular complexity index is 543. The number of aromatic nitrogens is 2. The second-order valence-corrected chi connectivity index (χ2v) is 3.53. The highest BCUT2D eigenvalue weighted by Crippen LogP contribution is 2.11. The molecule has 1 aromatic heterocycles. The number of carbonyl (C=O) groups excluding carboxylic acids is 1. The van der Waals surface area contributed by atoms with Gasteiger partial charge in [0.1, 0.15) is 17.5 Å². The van der Waals surface area contributed by atoms with Gasteiger partial charge in [0.15, 0.2) is 0 Å². The molecule has 0 atom stereocenters. The van der Waals surface area contributed by atoms with Gasteiger partial charge in [0.25, 0.3) is 5.91 Å². The Kier molecular flexibility index (Phi) is 2.99. The summed E-state index contributed by atoms with van der Waals surface area (Å²) in [4.78, 5) is 16.0. The van der Waals surface area contributed by atoms with Gasteiger partial charge in [0.05, 0.1) is 0 Å². The summed E-state index contributed by atoms with van der Waals surface area (Å²) >= 11 is 0. The number of nitrogens with zero attached hydrogens (tertiary/aromatic N) is 2. The molecule has 0 radical (unpaired) electrons. The van der Waals surface area contributed by atoms with E-state index >= 15 is 0 Å². The molecule has 3 nitrogen and oxygen atoms in total. The van der Waals surface area contributed by atoms with E-state index in [1.54, 1.807) is 0 Å². The van der Waals surface area contributed by atoms with E-state index in [0.29, 0.717) is 12.2 Å². The zero-order valence-electron chi connectivity index (χ0n) is 9.15. The number of rotatable bonds is 2. The van der Waals surface area contributed by atoms with Crippen LogP contribution < -0.4 is 0 Å². The molecule has 0 aliphatic rings. The molecule has 17 heavy (non-hydrogen) atoms. The van der Waals surface area contributed by atoms with Gasteiger partial charge in [0.2, 0.25) is 0 Å². The molecule has 2 aromatic rings. The van der Waals surface area contributed by atoms with Gasteiger partial charge < -0.3 is 0 Å². The van der Waals surface area contributed by atoms with Gasteiger partial charge >= 0.3 is 0 Å². The Morgan fingerprint density at radius 2 is 1.94 bits per heavy atom. The van der Waals surface area contributed by atoms with Crippen LogP contribution >= 0.6 is 0 Å². The molecule has 88 valence electrons. The maximum Gasteiger partial charge on any atom is 0.263 e. The van der Waals surface area contributed by atoms with E-state index in [9.17, 15) is 13.6 Å². The quantitative estimate of drug-likeness (QED) is 0.802. The van der Waals surface area contributed by atoms with E-state index in [1.165, 1.54) is 17.0 Å². The summed E-state index contributed by atoms with van der Waals surface area (Å²) in [5, 5.41) is 0. The fraction of sp³-hybridized carbons (Fsp3) is 0.167. The van der Waals surface area contributed by atoms with Crippen LogP contribution in [0.5, 0.6) is 0 Å². The maximum absolute atomic E-state index is 13.0. The Labute approximate surface area is 96.7 Å². The van der Waals surface area contributed by atoms with Crippen molar-refractivity contribution in [2.45, 2.75) is 13.3 Å². The van der Waals surface area contributed by atoms with Crippen molar-refractivity contribution < 1.29 is 13.6 Å². The van der Waals surface area contributed by atoms with Crippen molar-refractivity contribution in [3.05, 3.63) is 53.6 Å². The summed E-state index contributed by atoms with van der Waals surface area (Å²) in [6.07, 6.45) is 3.52. The lowest BCUT2D eigenvalue weighted by Gasteiger charge is -2.05. The second kappa shape index (κ2) is 4.45. The summed E-state index contributed by atoms with van der Waals surface area (Å²) in [7, 11) is 0. The minimum Gasteiger partial charge on any atom is -0.270 e. The van der Waals surface area contributed by atoms with Crippen molar-refractivity contribution in [1.82, 2.24) is 9.55 Å².